The molecular formula is C23H18Cl3F3N2OS. The summed E-state index contributed by atoms with van der Waals surface area (Å²) in [5, 5.41) is 3.05. The molecule has 0 saturated heterocycles. The van der Waals surface area contributed by atoms with Crippen LogP contribution in [0.1, 0.15) is 54.0 Å². The predicted molar refractivity (Wildman–Crippen MR) is 126 cm³/mol. The SMILES string of the molecule is O=C(NC1CCc2cc(C3=NSC(c4cc(Cl)c(Cl)c(Cl)c4)(C(F)(F)F)C3)ccc21)C1CC1. The Labute approximate surface area is 208 Å². The maximum Gasteiger partial charge on any atom is 0.409 e. The van der Waals surface area contributed by atoms with E-state index >= 15 is 0 Å². The number of nitrogens with one attached hydrogen (secondary N) is 1. The van der Waals surface area contributed by atoms with Gasteiger partial charge in [0.2, 0.25) is 5.91 Å². The summed E-state index contributed by atoms with van der Waals surface area (Å²) in [6, 6.07) is 7.96. The molecule has 1 fully saturated rings. The van der Waals surface area contributed by atoms with Crippen LogP contribution < -0.4 is 5.32 Å². The van der Waals surface area contributed by atoms with E-state index in [9.17, 15) is 18.0 Å². The molecule has 3 nitrogen and oxygen atoms in total. The standard InChI is InChI=1S/C23H18Cl3F3N2OS/c24-16-8-14(9-17(25)20(16)26)22(23(27,28)29)10-19(31-33-22)13-3-5-15-12(7-13)4-6-18(15)30-21(32)11-1-2-11/h3,5,7-9,11,18H,1-2,4,6,10H2,(H,30,32). The second kappa shape index (κ2) is 8.36. The Kier molecular flexibility index (Phi) is 5.91. The minimum absolute atomic E-state index is 0.0190. The molecule has 1 amide bonds. The maximum atomic E-state index is 14.4. The summed E-state index contributed by atoms with van der Waals surface area (Å²) >= 11 is 18.5. The predicted octanol–water partition coefficient (Wildman–Crippen LogP) is 7.46. The number of aryl methyl sites for hydroxylation is 1. The smallest absolute Gasteiger partial charge is 0.349 e. The summed E-state index contributed by atoms with van der Waals surface area (Å²) in [6.07, 6.45) is -1.53. The summed E-state index contributed by atoms with van der Waals surface area (Å²) < 4.78 is 45.0. The molecule has 0 bridgehead atoms. The van der Waals surface area contributed by atoms with E-state index in [0.29, 0.717) is 23.2 Å². The molecule has 0 radical (unpaired) electrons. The van der Waals surface area contributed by atoms with Crippen LogP contribution in [-0.4, -0.2) is 17.8 Å². The van der Waals surface area contributed by atoms with Crippen molar-refractivity contribution in [1.29, 1.82) is 0 Å². The average Bonchev–Trinajstić information content (AvgIpc) is 3.39. The topological polar surface area (TPSA) is 41.5 Å². The van der Waals surface area contributed by atoms with Crippen molar-refractivity contribution in [2.75, 3.05) is 0 Å². The lowest BCUT2D eigenvalue weighted by molar-refractivity contribution is -0.159. The lowest BCUT2D eigenvalue weighted by Gasteiger charge is -2.30. The molecule has 2 atom stereocenters. The van der Waals surface area contributed by atoms with Crippen LogP contribution in [0.2, 0.25) is 15.1 Å². The van der Waals surface area contributed by atoms with Crippen LogP contribution in [0.4, 0.5) is 13.2 Å². The first-order chi connectivity index (χ1) is 15.6. The number of carbonyl (C=O) groups excluding carboxylic acids is 1. The molecule has 2 aliphatic carbocycles. The number of benzene rings is 2. The minimum Gasteiger partial charge on any atom is -0.349 e. The highest BCUT2D eigenvalue weighted by atomic mass is 35.5. The molecule has 2 unspecified atom stereocenters. The van der Waals surface area contributed by atoms with Gasteiger partial charge in [-0.15, -0.1) is 0 Å². The molecule has 1 N–H and O–H groups in total. The zero-order chi connectivity index (χ0) is 23.5. The monoisotopic (exact) mass is 532 g/mol. The van der Waals surface area contributed by atoms with Crippen LogP contribution in [-0.2, 0) is 16.0 Å². The first kappa shape index (κ1) is 23.3. The molecule has 1 heterocycles. The zero-order valence-electron chi connectivity index (χ0n) is 17.1. The van der Waals surface area contributed by atoms with Crippen LogP contribution in [0.15, 0.2) is 34.7 Å². The van der Waals surface area contributed by atoms with Crippen LogP contribution in [0, 0.1) is 5.92 Å². The van der Waals surface area contributed by atoms with Crippen LogP contribution >= 0.6 is 46.8 Å². The minimum atomic E-state index is -4.60. The number of rotatable bonds is 4. The highest BCUT2D eigenvalue weighted by Gasteiger charge is 2.60. The van der Waals surface area contributed by atoms with Gasteiger partial charge in [-0.1, -0.05) is 46.9 Å². The Morgan fingerprint density at radius 3 is 2.42 bits per heavy atom. The summed E-state index contributed by atoms with van der Waals surface area (Å²) in [5.74, 6) is 0.215. The normalized spacial score (nSPS) is 24.5. The zero-order valence-corrected chi connectivity index (χ0v) is 20.2. The third-order valence-electron chi connectivity index (χ3n) is 6.45. The van der Waals surface area contributed by atoms with Gasteiger partial charge in [-0.3, -0.25) is 4.79 Å². The summed E-state index contributed by atoms with van der Waals surface area (Å²) in [5.41, 5.74) is 2.98. The molecule has 33 heavy (non-hydrogen) atoms. The second-order valence-corrected chi connectivity index (χ2v) is 10.9. The summed E-state index contributed by atoms with van der Waals surface area (Å²) in [7, 11) is 0. The van der Waals surface area contributed by atoms with E-state index in [2.05, 4.69) is 9.71 Å². The van der Waals surface area contributed by atoms with Gasteiger partial charge in [-0.2, -0.15) is 13.2 Å². The number of nitrogens with zero attached hydrogens (tertiary/aromatic N) is 1. The Morgan fingerprint density at radius 1 is 1.09 bits per heavy atom. The molecule has 1 saturated carbocycles. The molecule has 174 valence electrons. The van der Waals surface area contributed by atoms with Gasteiger partial charge in [0.25, 0.3) is 0 Å². The van der Waals surface area contributed by atoms with Gasteiger partial charge in [0, 0.05) is 12.3 Å². The van der Waals surface area contributed by atoms with E-state index in [-0.39, 0.29) is 44.9 Å². The molecule has 1 aliphatic heterocycles. The number of amides is 1. The molecule has 0 spiro atoms. The van der Waals surface area contributed by atoms with Crippen LogP contribution in [0.25, 0.3) is 0 Å². The Balaban J connectivity index is 1.42. The van der Waals surface area contributed by atoms with Gasteiger partial charge in [-0.05, 0) is 78.1 Å². The average molecular weight is 534 g/mol. The Morgan fingerprint density at radius 2 is 1.79 bits per heavy atom. The van der Waals surface area contributed by atoms with Gasteiger partial charge in [0.15, 0.2) is 4.75 Å². The van der Waals surface area contributed by atoms with Crippen molar-refractivity contribution in [1.82, 2.24) is 5.32 Å². The van der Waals surface area contributed by atoms with Gasteiger partial charge in [0.1, 0.15) is 0 Å². The largest absolute Gasteiger partial charge is 0.409 e. The molecule has 5 rings (SSSR count). The fraction of sp³-hybridized carbons (Fsp3) is 0.391. The van der Waals surface area contributed by atoms with Crippen LogP contribution in [0.3, 0.4) is 0 Å². The van der Waals surface area contributed by atoms with Crippen molar-refractivity contribution in [3.05, 3.63) is 67.7 Å². The van der Waals surface area contributed by atoms with E-state index in [4.69, 9.17) is 34.8 Å². The van der Waals surface area contributed by atoms with E-state index in [1.165, 1.54) is 12.1 Å². The third-order valence-corrected chi connectivity index (χ3v) is 8.89. The second-order valence-electron chi connectivity index (χ2n) is 8.67. The van der Waals surface area contributed by atoms with Crippen molar-refractivity contribution in [3.63, 3.8) is 0 Å². The van der Waals surface area contributed by atoms with E-state index in [1.54, 1.807) is 6.07 Å². The first-order valence-electron chi connectivity index (χ1n) is 10.5. The molecule has 0 aromatic heterocycles. The highest BCUT2D eigenvalue weighted by Crippen LogP contribution is 2.57. The van der Waals surface area contributed by atoms with Gasteiger partial charge >= 0.3 is 6.18 Å². The van der Waals surface area contributed by atoms with E-state index in [0.717, 1.165) is 36.8 Å². The molecule has 10 heteroatoms. The number of halogens is 6. The van der Waals surface area contributed by atoms with Crippen LogP contribution in [0.5, 0.6) is 0 Å². The van der Waals surface area contributed by atoms with Gasteiger partial charge in [-0.25, -0.2) is 4.40 Å². The Bertz CT molecular complexity index is 1160. The fourth-order valence-electron chi connectivity index (χ4n) is 4.43. The van der Waals surface area contributed by atoms with Gasteiger partial charge in [0.05, 0.1) is 26.8 Å². The van der Waals surface area contributed by atoms with Crippen molar-refractivity contribution < 1.29 is 18.0 Å². The molecule has 2 aromatic rings. The number of carbonyl (C=O) groups is 1. The number of alkyl halides is 3. The quantitative estimate of drug-likeness (QED) is 0.327. The highest BCUT2D eigenvalue weighted by molar-refractivity contribution is 7.99. The van der Waals surface area contributed by atoms with E-state index in [1.807, 2.05) is 12.1 Å². The van der Waals surface area contributed by atoms with Crippen molar-refractivity contribution >= 4 is 58.4 Å². The first-order valence-corrected chi connectivity index (χ1v) is 12.4. The molecular weight excluding hydrogens is 516 g/mol. The van der Waals surface area contributed by atoms with E-state index < -0.39 is 10.9 Å². The summed E-state index contributed by atoms with van der Waals surface area (Å²) in [6.45, 7) is 0. The fourth-order valence-corrected chi connectivity index (χ4v) is 5.99. The lowest BCUT2D eigenvalue weighted by Crippen LogP contribution is -2.38. The molecule has 3 aliphatic rings. The third kappa shape index (κ3) is 4.15. The lowest BCUT2D eigenvalue weighted by atomic mass is 9.89. The number of hydrogen-bond donors (Lipinski definition) is 1. The molecule has 2 aromatic carbocycles. The van der Waals surface area contributed by atoms with Crippen molar-refractivity contribution in [2.24, 2.45) is 10.3 Å². The summed E-state index contributed by atoms with van der Waals surface area (Å²) in [4.78, 5) is 12.1. The van der Waals surface area contributed by atoms with Gasteiger partial charge < -0.3 is 5.32 Å². The van der Waals surface area contributed by atoms with Crippen molar-refractivity contribution in [3.8, 4) is 0 Å². The number of hydrogen-bond acceptors (Lipinski definition) is 3. The maximum absolute atomic E-state index is 14.4. The van der Waals surface area contributed by atoms with Crippen molar-refractivity contribution in [2.45, 2.75) is 49.1 Å². The Hall–Kier alpha value is -1.41. The number of fused-ring (bicyclic) bond motifs is 1.